The van der Waals surface area contributed by atoms with Crippen molar-refractivity contribution in [1.29, 1.82) is 0 Å². The van der Waals surface area contributed by atoms with Crippen LogP contribution in [0, 0.1) is 13.8 Å². The van der Waals surface area contributed by atoms with Crippen LogP contribution >= 0.6 is 11.6 Å². The monoisotopic (exact) mass is 347 g/mol. The van der Waals surface area contributed by atoms with E-state index in [-0.39, 0.29) is 6.61 Å². The van der Waals surface area contributed by atoms with Crippen LogP contribution in [0.25, 0.3) is 0 Å². The van der Waals surface area contributed by atoms with Gasteiger partial charge in [0.05, 0.1) is 12.8 Å². The first kappa shape index (κ1) is 18.1. The summed E-state index contributed by atoms with van der Waals surface area (Å²) in [6, 6.07) is 9.48. The van der Waals surface area contributed by atoms with Crippen LogP contribution in [0.4, 0.5) is 10.5 Å². The third-order valence-electron chi connectivity index (χ3n) is 3.93. The molecule has 1 N–H and O–H groups in total. The van der Waals surface area contributed by atoms with Crippen molar-refractivity contribution in [3.8, 4) is 5.75 Å². The molecule has 0 aliphatic heterocycles. The predicted octanol–water partition coefficient (Wildman–Crippen LogP) is 5.28. The zero-order valence-corrected chi connectivity index (χ0v) is 15.2. The van der Waals surface area contributed by atoms with Gasteiger partial charge in [-0.05, 0) is 55.2 Å². The highest BCUT2D eigenvalue weighted by Gasteiger charge is 2.12. The van der Waals surface area contributed by atoms with E-state index in [1.165, 1.54) is 18.2 Å². The Bertz CT molecular complexity index is 744. The van der Waals surface area contributed by atoms with Gasteiger partial charge in [-0.1, -0.05) is 30.7 Å². The predicted molar refractivity (Wildman–Crippen MR) is 97.1 cm³/mol. The number of aryl methyl sites for hydroxylation is 3. The van der Waals surface area contributed by atoms with E-state index < -0.39 is 6.09 Å². The smallest absolute Gasteiger partial charge is 0.411 e. The molecule has 1 amide bonds. The van der Waals surface area contributed by atoms with Gasteiger partial charge in [0.15, 0.2) is 0 Å². The maximum atomic E-state index is 11.5. The van der Waals surface area contributed by atoms with Crippen molar-refractivity contribution in [2.45, 2.75) is 33.8 Å². The van der Waals surface area contributed by atoms with Gasteiger partial charge in [-0.15, -0.1) is 0 Å². The van der Waals surface area contributed by atoms with Crippen LogP contribution in [0.2, 0.25) is 5.02 Å². The third kappa shape index (κ3) is 4.20. The molecule has 2 rings (SSSR count). The molecule has 5 heteroatoms. The van der Waals surface area contributed by atoms with Gasteiger partial charge in [0.2, 0.25) is 0 Å². The molecule has 0 saturated carbocycles. The van der Waals surface area contributed by atoms with Gasteiger partial charge in [-0.2, -0.15) is 0 Å². The standard InChI is InChI=1S/C19H22ClNO3/c1-5-14-9-13(3)18(10-12(14)2)24-11-15-16(20)7-6-8-17(15)21-19(22)23-4/h6-10H,5,11H2,1-4H3,(H,21,22). The van der Waals surface area contributed by atoms with E-state index in [9.17, 15) is 4.79 Å². The number of halogens is 1. The lowest BCUT2D eigenvalue weighted by Crippen LogP contribution is -2.13. The third-order valence-corrected chi connectivity index (χ3v) is 4.28. The summed E-state index contributed by atoms with van der Waals surface area (Å²) in [5, 5.41) is 3.19. The van der Waals surface area contributed by atoms with E-state index in [1.807, 2.05) is 13.0 Å². The SMILES string of the molecule is CCc1cc(C)c(OCc2c(Cl)cccc2NC(=O)OC)cc1C. The Kier molecular flexibility index (Phi) is 6.10. The Morgan fingerprint density at radius 2 is 1.96 bits per heavy atom. The van der Waals surface area contributed by atoms with Crippen molar-refractivity contribution in [1.82, 2.24) is 0 Å². The fraction of sp³-hybridized carbons (Fsp3) is 0.316. The van der Waals surface area contributed by atoms with E-state index in [0.717, 1.165) is 17.7 Å². The van der Waals surface area contributed by atoms with Crippen LogP contribution in [-0.2, 0) is 17.8 Å². The molecule has 0 saturated heterocycles. The number of carbonyl (C=O) groups is 1. The normalized spacial score (nSPS) is 10.4. The molecule has 24 heavy (non-hydrogen) atoms. The Morgan fingerprint density at radius 3 is 2.62 bits per heavy atom. The first-order valence-electron chi connectivity index (χ1n) is 7.81. The summed E-state index contributed by atoms with van der Waals surface area (Å²) in [5.74, 6) is 0.814. The number of hydrogen-bond donors (Lipinski definition) is 1. The molecule has 0 bridgehead atoms. The minimum absolute atomic E-state index is 0.255. The second kappa shape index (κ2) is 8.06. The minimum atomic E-state index is -0.544. The maximum absolute atomic E-state index is 11.5. The van der Waals surface area contributed by atoms with E-state index in [1.54, 1.807) is 18.2 Å². The molecule has 0 aliphatic carbocycles. The molecule has 0 radical (unpaired) electrons. The number of rotatable bonds is 5. The average molecular weight is 348 g/mol. The number of benzene rings is 2. The maximum Gasteiger partial charge on any atom is 0.411 e. The molecule has 2 aromatic carbocycles. The Balaban J connectivity index is 2.23. The lowest BCUT2D eigenvalue weighted by Gasteiger charge is -2.16. The number of anilines is 1. The molecule has 0 aromatic heterocycles. The summed E-state index contributed by atoms with van der Waals surface area (Å²) in [7, 11) is 1.32. The van der Waals surface area contributed by atoms with E-state index >= 15 is 0 Å². The fourth-order valence-electron chi connectivity index (χ4n) is 2.52. The van der Waals surface area contributed by atoms with Crippen LogP contribution in [0.1, 0.15) is 29.2 Å². The van der Waals surface area contributed by atoms with Crippen molar-refractivity contribution in [2.24, 2.45) is 0 Å². The zero-order valence-electron chi connectivity index (χ0n) is 14.4. The summed E-state index contributed by atoms with van der Waals surface area (Å²) < 4.78 is 10.6. The number of methoxy groups -OCH3 is 1. The van der Waals surface area contributed by atoms with Crippen LogP contribution in [0.5, 0.6) is 5.75 Å². The van der Waals surface area contributed by atoms with Gasteiger partial charge in [-0.25, -0.2) is 4.79 Å². The van der Waals surface area contributed by atoms with Crippen LogP contribution in [-0.4, -0.2) is 13.2 Å². The number of hydrogen-bond acceptors (Lipinski definition) is 3. The van der Waals surface area contributed by atoms with E-state index in [4.69, 9.17) is 16.3 Å². The number of amides is 1. The molecule has 0 unspecified atom stereocenters. The molecule has 4 nitrogen and oxygen atoms in total. The molecular formula is C19H22ClNO3. The molecule has 128 valence electrons. The summed E-state index contributed by atoms with van der Waals surface area (Å²) in [6.07, 6.45) is 0.447. The highest BCUT2D eigenvalue weighted by atomic mass is 35.5. The largest absolute Gasteiger partial charge is 0.488 e. The van der Waals surface area contributed by atoms with Crippen LogP contribution in [0.15, 0.2) is 30.3 Å². The summed E-state index contributed by atoms with van der Waals surface area (Å²) >= 11 is 6.27. The van der Waals surface area contributed by atoms with Crippen molar-refractivity contribution in [3.05, 3.63) is 57.6 Å². The van der Waals surface area contributed by atoms with Crippen molar-refractivity contribution in [3.63, 3.8) is 0 Å². The second-order valence-electron chi connectivity index (χ2n) is 5.57. The van der Waals surface area contributed by atoms with E-state index in [0.29, 0.717) is 16.3 Å². The first-order chi connectivity index (χ1) is 11.5. The molecule has 0 spiro atoms. The van der Waals surface area contributed by atoms with Gasteiger partial charge in [0, 0.05) is 10.6 Å². The second-order valence-corrected chi connectivity index (χ2v) is 5.98. The summed E-state index contributed by atoms with van der Waals surface area (Å²) in [4.78, 5) is 11.5. The van der Waals surface area contributed by atoms with E-state index in [2.05, 4.69) is 30.0 Å². The molecule has 0 fully saturated rings. The first-order valence-corrected chi connectivity index (χ1v) is 8.19. The molecular weight excluding hydrogens is 326 g/mol. The van der Waals surface area contributed by atoms with Crippen LogP contribution in [0.3, 0.4) is 0 Å². The Hall–Kier alpha value is -2.20. The summed E-state index contributed by atoms with van der Waals surface area (Å²) in [6.45, 7) is 6.49. The highest BCUT2D eigenvalue weighted by molar-refractivity contribution is 6.31. The minimum Gasteiger partial charge on any atom is -0.488 e. The molecule has 0 atom stereocenters. The lowest BCUT2D eigenvalue weighted by molar-refractivity contribution is 0.187. The van der Waals surface area contributed by atoms with Crippen molar-refractivity contribution >= 4 is 23.4 Å². The summed E-state index contributed by atoms with van der Waals surface area (Å²) in [5.41, 5.74) is 4.87. The molecule has 0 aliphatic rings. The lowest BCUT2D eigenvalue weighted by atomic mass is 10.0. The van der Waals surface area contributed by atoms with Gasteiger partial charge < -0.3 is 9.47 Å². The van der Waals surface area contributed by atoms with Crippen LogP contribution < -0.4 is 10.1 Å². The topological polar surface area (TPSA) is 47.6 Å². The Morgan fingerprint density at radius 1 is 1.21 bits per heavy atom. The van der Waals surface area contributed by atoms with Crippen molar-refractivity contribution < 1.29 is 14.3 Å². The number of ether oxygens (including phenoxy) is 2. The van der Waals surface area contributed by atoms with Gasteiger partial charge >= 0.3 is 6.09 Å². The fourth-order valence-corrected chi connectivity index (χ4v) is 2.75. The molecule has 0 heterocycles. The van der Waals surface area contributed by atoms with Gasteiger partial charge in [0.1, 0.15) is 12.4 Å². The van der Waals surface area contributed by atoms with Gasteiger partial charge in [0.25, 0.3) is 0 Å². The molecule has 2 aromatic rings. The number of carbonyl (C=O) groups excluding carboxylic acids is 1. The van der Waals surface area contributed by atoms with Gasteiger partial charge in [-0.3, -0.25) is 5.32 Å². The van der Waals surface area contributed by atoms with Crippen molar-refractivity contribution in [2.75, 3.05) is 12.4 Å². The highest BCUT2D eigenvalue weighted by Crippen LogP contribution is 2.29. The Labute approximate surface area is 147 Å². The number of nitrogens with one attached hydrogen (secondary N) is 1. The zero-order chi connectivity index (χ0) is 17.7. The quantitative estimate of drug-likeness (QED) is 0.800. The average Bonchev–Trinajstić information content (AvgIpc) is 2.56.